The van der Waals surface area contributed by atoms with E-state index in [9.17, 15) is 19.2 Å². The number of unbranched alkanes of at least 4 members (excludes halogenated alkanes) is 2. The molecule has 22 nitrogen and oxygen atoms in total. The van der Waals surface area contributed by atoms with Gasteiger partial charge in [-0.05, 0) is 176 Å². The largest absolute Gasteiger partial charge is 0.379 e. The Morgan fingerprint density at radius 3 is 1.95 bits per heavy atom. The lowest BCUT2D eigenvalue weighted by Gasteiger charge is -2.39. The number of nitrogens with one attached hydrogen (secondary N) is 7. The van der Waals surface area contributed by atoms with Gasteiger partial charge in [0.1, 0.15) is 17.6 Å². The van der Waals surface area contributed by atoms with Crippen LogP contribution in [0, 0.1) is 13.8 Å². The summed E-state index contributed by atoms with van der Waals surface area (Å²) in [6, 6.07) is 21.0. The number of amides is 4. The number of aromatic nitrogens is 10. The highest BCUT2D eigenvalue weighted by atomic mass is 32.2. The van der Waals surface area contributed by atoms with E-state index in [0.717, 1.165) is 80.1 Å². The maximum absolute atomic E-state index is 13.9. The second kappa shape index (κ2) is 30.4. The van der Waals surface area contributed by atoms with Crippen LogP contribution < -0.4 is 31.9 Å². The van der Waals surface area contributed by atoms with Crippen molar-refractivity contribution < 1.29 is 19.2 Å². The molecular weight excluding hydrogens is 1020 g/mol. The van der Waals surface area contributed by atoms with Crippen LogP contribution in [0.25, 0.3) is 0 Å². The number of benzene rings is 2. The van der Waals surface area contributed by atoms with E-state index in [1.807, 2.05) is 60.0 Å². The van der Waals surface area contributed by atoms with Gasteiger partial charge in [0.25, 0.3) is 11.8 Å². The molecule has 4 amide bonds. The summed E-state index contributed by atoms with van der Waals surface area (Å²) in [4.78, 5) is 58.8. The van der Waals surface area contributed by atoms with Gasteiger partial charge in [-0.2, -0.15) is 5.10 Å². The lowest BCUT2D eigenvalue weighted by atomic mass is 9.86. The SMILES string of the molecule is C=C(NC(CCCCNC(=O)c1cc(C(=O)NCCCCC(NC(=O)C(C)NC)C(=O)N2CCCC2Cn2nnnc2C)[nH]n1)C(=C1CCC1)N1CCCC1Cn1nnnc1Sc1ccccc1)C(C)NC.Cc1ccccc1. The number of tetrazole rings is 2. The van der Waals surface area contributed by atoms with E-state index in [0.29, 0.717) is 57.8 Å². The minimum absolute atomic E-state index is 0.0400. The standard InChI is InChI=1S/C49H74N18O4S.C7H8/c1-32(50-5)33(2)54-40(44(36-17-14-18-36)64-27-15-19-37(64)31-67-49(59-61-63-67)72-39-21-8-7-9-22-39)23-10-12-25-52-46(69)42-29-43(58-57-42)47(70)53-26-13-11-24-41(55-45(68)34(3)51-6)48(71)65-28-16-20-38(65)30-66-35(4)56-60-62-66;1-7-5-3-2-4-6-7/h7-9,21-22,29,32,34,37-38,40-41,50-51,54H,2,10-20,23-28,30-31H2,1,3-6H3,(H,52,69)(H,53,70)(H,55,68)(H,57,58);2-6H,1H3. The lowest BCUT2D eigenvalue weighted by molar-refractivity contribution is -0.138. The second-order valence-corrected chi connectivity index (χ2v) is 21.8. The van der Waals surface area contributed by atoms with Crippen LogP contribution in [0.15, 0.2) is 100 Å². The van der Waals surface area contributed by atoms with Gasteiger partial charge in [-0.15, -0.1) is 10.2 Å². The number of aryl methyl sites for hydroxylation is 2. The predicted molar refractivity (Wildman–Crippen MR) is 303 cm³/mol. The topological polar surface area (TPSA) is 263 Å². The highest BCUT2D eigenvalue weighted by Gasteiger charge is 2.37. The van der Waals surface area contributed by atoms with Crippen molar-refractivity contribution in [1.82, 2.24) is 92.3 Å². The fraction of sp³-hybridized carbons (Fsp3) is 0.554. The first-order valence-corrected chi connectivity index (χ1v) is 28.9. The summed E-state index contributed by atoms with van der Waals surface area (Å²) in [6.07, 6.45) is 11.1. The zero-order chi connectivity index (χ0) is 56.1. The Kier molecular flexibility index (Phi) is 23.0. The van der Waals surface area contributed by atoms with Crippen LogP contribution >= 0.6 is 11.8 Å². The fourth-order valence-corrected chi connectivity index (χ4v) is 10.8. The van der Waals surface area contributed by atoms with Crippen molar-refractivity contribution in [2.24, 2.45) is 0 Å². The minimum Gasteiger partial charge on any atom is -0.379 e. The summed E-state index contributed by atoms with van der Waals surface area (Å²) in [5.41, 5.74) is 5.42. The average molecular weight is 1100 g/mol. The van der Waals surface area contributed by atoms with E-state index in [1.54, 1.807) is 30.4 Å². The van der Waals surface area contributed by atoms with Gasteiger partial charge in [-0.1, -0.05) is 60.7 Å². The summed E-state index contributed by atoms with van der Waals surface area (Å²) < 4.78 is 3.64. The van der Waals surface area contributed by atoms with Crippen molar-refractivity contribution in [3.05, 3.63) is 113 Å². The average Bonchev–Trinajstić information content (AvgIpc) is 4.36. The number of nitrogens with zero attached hydrogens (tertiary/aromatic N) is 11. The molecule has 5 heterocycles. The maximum atomic E-state index is 13.9. The number of likely N-dealkylation sites (tertiary alicyclic amines) is 2. The van der Waals surface area contributed by atoms with Gasteiger partial charge in [-0.25, -0.2) is 9.36 Å². The Hall–Kier alpha value is -6.98. The van der Waals surface area contributed by atoms with Gasteiger partial charge in [0.05, 0.1) is 31.2 Å². The molecular formula is C56H82N18O4S. The first-order valence-electron chi connectivity index (χ1n) is 28.1. The molecule has 23 heteroatoms. The summed E-state index contributed by atoms with van der Waals surface area (Å²) >= 11 is 1.57. The minimum atomic E-state index is -0.725. The van der Waals surface area contributed by atoms with E-state index in [2.05, 4.69) is 123 Å². The van der Waals surface area contributed by atoms with E-state index in [4.69, 9.17) is 0 Å². The molecule has 3 aromatic heterocycles. The molecule has 1 aliphatic carbocycles. The number of aromatic amines is 1. The molecule has 7 N–H and O–H groups in total. The van der Waals surface area contributed by atoms with Crippen molar-refractivity contribution in [3.63, 3.8) is 0 Å². The van der Waals surface area contributed by atoms with E-state index < -0.39 is 18.0 Å². The Bertz CT molecular complexity index is 2760. The maximum Gasteiger partial charge on any atom is 0.271 e. The second-order valence-electron chi connectivity index (χ2n) is 20.8. The molecule has 8 rings (SSSR count). The Morgan fingerprint density at radius 2 is 1.33 bits per heavy atom. The molecule has 426 valence electrons. The quantitative estimate of drug-likeness (QED) is 0.0321. The van der Waals surface area contributed by atoms with E-state index in [1.165, 1.54) is 29.3 Å². The predicted octanol–water partition coefficient (Wildman–Crippen LogP) is 5.10. The van der Waals surface area contributed by atoms with Gasteiger partial charge < -0.3 is 41.7 Å². The van der Waals surface area contributed by atoms with Crippen molar-refractivity contribution in [1.29, 1.82) is 0 Å². The molecule has 3 aliphatic rings. The van der Waals surface area contributed by atoms with Crippen molar-refractivity contribution in [3.8, 4) is 0 Å². The number of hydrogen-bond acceptors (Lipinski definition) is 16. The number of carbonyl (C=O) groups excluding carboxylic acids is 4. The highest BCUT2D eigenvalue weighted by Crippen LogP contribution is 2.38. The molecule has 5 aromatic rings. The smallest absolute Gasteiger partial charge is 0.271 e. The zero-order valence-electron chi connectivity index (χ0n) is 46.9. The number of H-pyrrole nitrogens is 1. The summed E-state index contributed by atoms with van der Waals surface area (Å²) in [5, 5.41) is 51.2. The van der Waals surface area contributed by atoms with Gasteiger partial charge in [0.15, 0.2) is 5.69 Å². The molecule has 2 aliphatic heterocycles. The van der Waals surface area contributed by atoms with Crippen LogP contribution in [0.3, 0.4) is 0 Å². The van der Waals surface area contributed by atoms with Crippen molar-refractivity contribution in [2.45, 2.75) is 171 Å². The van der Waals surface area contributed by atoms with E-state index in [-0.39, 0.29) is 53.3 Å². The third-order valence-electron chi connectivity index (χ3n) is 15.1. The van der Waals surface area contributed by atoms with Crippen LogP contribution in [-0.4, -0.2) is 161 Å². The molecule has 79 heavy (non-hydrogen) atoms. The molecule has 2 aromatic carbocycles. The molecule has 0 bridgehead atoms. The Labute approximate surface area is 468 Å². The number of likely N-dealkylation sites (N-methyl/N-ethyl adjacent to an activating group) is 2. The molecule has 0 spiro atoms. The van der Waals surface area contributed by atoms with Gasteiger partial charge in [0, 0.05) is 60.6 Å². The third-order valence-corrected chi connectivity index (χ3v) is 16.1. The van der Waals surface area contributed by atoms with Crippen LogP contribution in [0.5, 0.6) is 0 Å². The van der Waals surface area contributed by atoms with Crippen molar-refractivity contribution >= 4 is 35.4 Å². The molecule has 1 saturated carbocycles. The molecule has 3 fully saturated rings. The van der Waals surface area contributed by atoms with Gasteiger partial charge in [0.2, 0.25) is 17.0 Å². The first kappa shape index (κ1) is 59.7. The van der Waals surface area contributed by atoms with E-state index >= 15 is 0 Å². The van der Waals surface area contributed by atoms with Crippen LogP contribution in [-0.2, 0) is 22.7 Å². The van der Waals surface area contributed by atoms with Crippen LogP contribution in [0.2, 0.25) is 0 Å². The molecule has 6 unspecified atom stereocenters. The van der Waals surface area contributed by atoms with Crippen molar-refractivity contribution in [2.75, 3.05) is 40.3 Å². The fourth-order valence-electron chi connectivity index (χ4n) is 10.0. The van der Waals surface area contributed by atoms with Crippen LogP contribution in [0.4, 0.5) is 0 Å². The summed E-state index contributed by atoms with van der Waals surface area (Å²) in [6.45, 7) is 15.7. The van der Waals surface area contributed by atoms with Gasteiger partial charge in [-0.3, -0.25) is 24.3 Å². The summed E-state index contributed by atoms with van der Waals surface area (Å²) in [5.74, 6) is -0.478. The Morgan fingerprint density at radius 1 is 0.722 bits per heavy atom. The molecule has 0 radical (unpaired) electrons. The highest BCUT2D eigenvalue weighted by molar-refractivity contribution is 7.99. The lowest BCUT2D eigenvalue weighted by Crippen LogP contribution is -2.53. The monoisotopic (exact) mass is 1100 g/mol. The normalized spacial score (nSPS) is 17.4. The van der Waals surface area contributed by atoms with Crippen LogP contribution in [0.1, 0.15) is 130 Å². The number of hydrogen-bond donors (Lipinski definition) is 7. The Balaban J connectivity index is 0.00000119. The molecule has 6 atom stereocenters. The third kappa shape index (κ3) is 17.3. The number of allylic oxidation sites excluding steroid dienone is 1. The first-order chi connectivity index (χ1) is 38.3. The van der Waals surface area contributed by atoms with Gasteiger partial charge >= 0.3 is 0 Å². The molecule has 2 saturated heterocycles. The number of rotatable bonds is 28. The summed E-state index contributed by atoms with van der Waals surface area (Å²) in [7, 11) is 3.64. The zero-order valence-corrected chi connectivity index (χ0v) is 47.7. The number of carbonyl (C=O) groups is 4.